The fourth-order valence-corrected chi connectivity index (χ4v) is 2.55. The predicted octanol–water partition coefficient (Wildman–Crippen LogP) is 2.47. The van der Waals surface area contributed by atoms with Crippen molar-refractivity contribution in [1.82, 2.24) is 9.78 Å². The van der Waals surface area contributed by atoms with Crippen LogP contribution in [0.3, 0.4) is 0 Å². The lowest BCUT2D eigenvalue weighted by Gasteiger charge is -2.12. The van der Waals surface area contributed by atoms with Crippen molar-refractivity contribution >= 4 is 0 Å². The number of hydrogen-bond donors (Lipinski definition) is 1. The Morgan fingerprint density at radius 3 is 2.81 bits per heavy atom. The molecule has 0 amide bonds. The first-order chi connectivity index (χ1) is 7.65. The number of rotatable bonds is 5. The second-order valence-electron chi connectivity index (χ2n) is 4.80. The standard InChI is InChI=1S/C13H22N2O/c1-4-7-10-9-13(10,16)12-8-11(5-2)14-15(12)6-3/h8,10,16H,4-7,9H2,1-3H3. The van der Waals surface area contributed by atoms with E-state index in [4.69, 9.17) is 0 Å². The molecule has 0 aromatic carbocycles. The third-order valence-electron chi connectivity index (χ3n) is 3.65. The maximum absolute atomic E-state index is 10.6. The van der Waals surface area contributed by atoms with Gasteiger partial charge in [0, 0.05) is 6.54 Å². The molecule has 1 aliphatic carbocycles. The number of aliphatic hydroxyl groups is 1. The van der Waals surface area contributed by atoms with Crippen molar-refractivity contribution in [3.63, 3.8) is 0 Å². The van der Waals surface area contributed by atoms with Crippen molar-refractivity contribution in [2.45, 2.75) is 58.6 Å². The molecule has 1 fully saturated rings. The molecule has 2 atom stereocenters. The molecule has 1 aliphatic rings. The molecule has 0 saturated heterocycles. The van der Waals surface area contributed by atoms with Gasteiger partial charge in [-0.2, -0.15) is 5.10 Å². The van der Waals surface area contributed by atoms with Crippen molar-refractivity contribution in [3.8, 4) is 0 Å². The summed E-state index contributed by atoms with van der Waals surface area (Å²) >= 11 is 0. The maximum atomic E-state index is 10.6. The van der Waals surface area contributed by atoms with E-state index in [2.05, 4.69) is 31.9 Å². The molecule has 1 saturated carbocycles. The summed E-state index contributed by atoms with van der Waals surface area (Å²) in [5.74, 6) is 0.448. The largest absolute Gasteiger partial charge is 0.383 e. The summed E-state index contributed by atoms with van der Waals surface area (Å²) in [4.78, 5) is 0. The van der Waals surface area contributed by atoms with Crippen LogP contribution in [-0.4, -0.2) is 14.9 Å². The van der Waals surface area contributed by atoms with E-state index in [0.717, 1.165) is 43.6 Å². The van der Waals surface area contributed by atoms with Crippen molar-refractivity contribution in [2.75, 3.05) is 0 Å². The summed E-state index contributed by atoms with van der Waals surface area (Å²) in [7, 11) is 0. The van der Waals surface area contributed by atoms with Gasteiger partial charge < -0.3 is 5.11 Å². The Labute approximate surface area is 97.5 Å². The zero-order chi connectivity index (χ0) is 11.8. The van der Waals surface area contributed by atoms with Gasteiger partial charge in [0.1, 0.15) is 5.60 Å². The normalized spacial score (nSPS) is 28.4. The van der Waals surface area contributed by atoms with Crippen LogP contribution < -0.4 is 0 Å². The third-order valence-corrected chi connectivity index (χ3v) is 3.65. The molecule has 3 heteroatoms. The van der Waals surface area contributed by atoms with Gasteiger partial charge in [0.05, 0.1) is 11.4 Å². The van der Waals surface area contributed by atoms with Gasteiger partial charge in [0.2, 0.25) is 0 Å². The SMILES string of the molecule is CCCC1CC1(O)c1cc(CC)nn1CC. The molecule has 0 aliphatic heterocycles. The summed E-state index contributed by atoms with van der Waals surface area (Å²) in [5, 5.41) is 15.1. The summed E-state index contributed by atoms with van der Waals surface area (Å²) < 4.78 is 1.97. The Morgan fingerprint density at radius 2 is 2.25 bits per heavy atom. The highest BCUT2D eigenvalue weighted by Crippen LogP contribution is 2.54. The van der Waals surface area contributed by atoms with E-state index in [1.165, 1.54) is 0 Å². The minimum atomic E-state index is -0.577. The quantitative estimate of drug-likeness (QED) is 0.831. The lowest BCUT2D eigenvalue weighted by Crippen LogP contribution is -2.15. The molecule has 1 heterocycles. The Morgan fingerprint density at radius 1 is 1.50 bits per heavy atom. The zero-order valence-electron chi connectivity index (χ0n) is 10.5. The molecule has 0 bridgehead atoms. The highest BCUT2D eigenvalue weighted by atomic mass is 16.3. The van der Waals surface area contributed by atoms with Crippen molar-refractivity contribution < 1.29 is 5.11 Å². The van der Waals surface area contributed by atoms with Crippen molar-refractivity contribution in [1.29, 1.82) is 0 Å². The molecule has 16 heavy (non-hydrogen) atoms. The van der Waals surface area contributed by atoms with Crippen LogP contribution in [0, 0.1) is 5.92 Å². The average Bonchev–Trinajstić information content (AvgIpc) is 2.79. The zero-order valence-corrected chi connectivity index (χ0v) is 10.5. The van der Waals surface area contributed by atoms with Gasteiger partial charge in [-0.1, -0.05) is 20.3 Å². The van der Waals surface area contributed by atoms with E-state index in [0.29, 0.717) is 5.92 Å². The first-order valence-electron chi connectivity index (χ1n) is 6.45. The highest BCUT2D eigenvalue weighted by Gasteiger charge is 2.55. The first kappa shape index (κ1) is 11.6. The Balaban J connectivity index is 2.23. The van der Waals surface area contributed by atoms with Crippen LogP contribution in [0.2, 0.25) is 0 Å². The molecule has 2 unspecified atom stereocenters. The Kier molecular flexibility index (Phi) is 3.06. The maximum Gasteiger partial charge on any atom is 0.109 e. The number of aromatic nitrogens is 2. The molecule has 1 N–H and O–H groups in total. The minimum absolute atomic E-state index is 0.448. The molecular formula is C13H22N2O. The van der Waals surface area contributed by atoms with Gasteiger partial charge in [-0.15, -0.1) is 0 Å². The minimum Gasteiger partial charge on any atom is -0.383 e. The highest BCUT2D eigenvalue weighted by molar-refractivity contribution is 5.25. The molecule has 1 aromatic heterocycles. The molecule has 0 radical (unpaired) electrons. The number of aryl methyl sites for hydroxylation is 2. The molecule has 2 rings (SSSR count). The van der Waals surface area contributed by atoms with Crippen LogP contribution in [0.25, 0.3) is 0 Å². The van der Waals surface area contributed by atoms with Gasteiger partial charge in [-0.3, -0.25) is 4.68 Å². The van der Waals surface area contributed by atoms with E-state index in [1.807, 2.05) is 4.68 Å². The lowest BCUT2D eigenvalue weighted by molar-refractivity contribution is 0.118. The van der Waals surface area contributed by atoms with Gasteiger partial charge in [-0.05, 0) is 38.2 Å². The van der Waals surface area contributed by atoms with Crippen LogP contribution >= 0.6 is 0 Å². The smallest absolute Gasteiger partial charge is 0.109 e. The summed E-state index contributed by atoms with van der Waals surface area (Å²) in [6.07, 6.45) is 4.12. The molecule has 0 spiro atoms. The van der Waals surface area contributed by atoms with E-state index >= 15 is 0 Å². The molecule has 1 aromatic rings. The molecular weight excluding hydrogens is 200 g/mol. The fourth-order valence-electron chi connectivity index (χ4n) is 2.55. The number of hydrogen-bond acceptors (Lipinski definition) is 2. The average molecular weight is 222 g/mol. The Hall–Kier alpha value is -0.830. The first-order valence-corrected chi connectivity index (χ1v) is 6.45. The lowest BCUT2D eigenvalue weighted by atomic mass is 10.1. The van der Waals surface area contributed by atoms with Crippen molar-refractivity contribution in [3.05, 3.63) is 17.5 Å². The van der Waals surface area contributed by atoms with Crippen LogP contribution in [0.1, 0.15) is 51.4 Å². The van der Waals surface area contributed by atoms with E-state index in [9.17, 15) is 5.11 Å². The summed E-state index contributed by atoms with van der Waals surface area (Å²) in [5.41, 5.74) is 1.55. The predicted molar refractivity (Wildman–Crippen MR) is 64.2 cm³/mol. The summed E-state index contributed by atoms with van der Waals surface area (Å²) in [6.45, 7) is 7.20. The number of nitrogens with zero attached hydrogens (tertiary/aromatic N) is 2. The molecule has 90 valence electrons. The van der Waals surface area contributed by atoms with E-state index in [-0.39, 0.29) is 0 Å². The second kappa shape index (κ2) is 4.21. The Bertz CT molecular complexity index is 372. The van der Waals surface area contributed by atoms with Crippen molar-refractivity contribution in [2.24, 2.45) is 5.92 Å². The van der Waals surface area contributed by atoms with Gasteiger partial charge in [0.25, 0.3) is 0 Å². The monoisotopic (exact) mass is 222 g/mol. The van der Waals surface area contributed by atoms with Gasteiger partial charge in [0.15, 0.2) is 0 Å². The van der Waals surface area contributed by atoms with Gasteiger partial charge >= 0.3 is 0 Å². The van der Waals surface area contributed by atoms with Crippen LogP contribution in [-0.2, 0) is 18.6 Å². The van der Waals surface area contributed by atoms with Crippen LogP contribution in [0.5, 0.6) is 0 Å². The van der Waals surface area contributed by atoms with Gasteiger partial charge in [-0.25, -0.2) is 0 Å². The third kappa shape index (κ3) is 1.77. The second-order valence-corrected chi connectivity index (χ2v) is 4.80. The van der Waals surface area contributed by atoms with Crippen LogP contribution in [0.15, 0.2) is 6.07 Å². The molecule has 3 nitrogen and oxygen atoms in total. The fraction of sp³-hybridized carbons (Fsp3) is 0.769. The topological polar surface area (TPSA) is 38.1 Å². The van der Waals surface area contributed by atoms with E-state index in [1.54, 1.807) is 0 Å². The summed E-state index contributed by atoms with van der Waals surface area (Å²) in [6, 6.07) is 2.08. The van der Waals surface area contributed by atoms with Crippen LogP contribution in [0.4, 0.5) is 0 Å². The van der Waals surface area contributed by atoms with E-state index < -0.39 is 5.60 Å².